The van der Waals surface area contributed by atoms with Gasteiger partial charge in [0.05, 0.1) is 17.4 Å². The van der Waals surface area contributed by atoms with E-state index in [0.717, 1.165) is 28.8 Å². The van der Waals surface area contributed by atoms with Gasteiger partial charge >= 0.3 is 0 Å². The molecule has 1 aromatic heterocycles. The van der Waals surface area contributed by atoms with Gasteiger partial charge in [0.1, 0.15) is 24.1 Å². The first-order valence-electron chi connectivity index (χ1n) is 10.7. The molecule has 6 heteroatoms. The van der Waals surface area contributed by atoms with Gasteiger partial charge in [0, 0.05) is 11.8 Å². The SMILES string of the molecule is C=CCOc1cnc(CCc2ccc3c(F)c(CCc4ccc(Cl)c(F)c4)ccc3c2)nc1. The van der Waals surface area contributed by atoms with Gasteiger partial charge in [0.2, 0.25) is 0 Å². The van der Waals surface area contributed by atoms with Crippen LogP contribution in [0.4, 0.5) is 8.78 Å². The first-order chi connectivity index (χ1) is 16.0. The van der Waals surface area contributed by atoms with Crippen LogP contribution >= 0.6 is 11.6 Å². The Morgan fingerprint density at radius 2 is 1.61 bits per heavy atom. The highest BCUT2D eigenvalue weighted by atomic mass is 35.5. The lowest BCUT2D eigenvalue weighted by atomic mass is 9.98. The molecule has 3 aromatic carbocycles. The van der Waals surface area contributed by atoms with Crippen molar-refractivity contribution >= 4 is 22.4 Å². The molecule has 0 aliphatic carbocycles. The fraction of sp³-hybridized carbons (Fsp3) is 0.185. The number of hydrogen-bond acceptors (Lipinski definition) is 3. The van der Waals surface area contributed by atoms with Gasteiger partial charge in [-0.05, 0) is 53.5 Å². The lowest BCUT2D eigenvalue weighted by molar-refractivity contribution is 0.359. The van der Waals surface area contributed by atoms with Gasteiger partial charge in [-0.2, -0.15) is 0 Å². The van der Waals surface area contributed by atoms with Gasteiger partial charge in [0.25, 0.3) is 0 Å². The van der Waals surface area contributed by atoms with E-state index < -0.39 is 5.82 Å². The number of hydrogen-bond donors (Lipinski definition) is 0. The summed E-state index contributed by atoms with van der Waals surface area (Å²) >= 11 is 5.73. The molecule has 4 aromatic rings. The third-order valence-electron chi connectivity index (χ3n) is 5.45. The van der Waals surface area contributed by atoms with Crippen molar-refractivity contribution in [1.29, 1.82) is 0 Å². The molecule has 0 saturated heterocycles. The van der Waals surface area contributed by atoms with Gasteiger partial charge in [-0.1, -0.05) is 60.7 Å². The van der Waals surface area contributed by atoms with Crippen LogP contribution in [0, 0.1) is 11.6 Å². The highest BCUT2D eigenvalue weighted by Gasteiger charge is 2.10. The molecule has 0 aliphatic rings. The minimum Gasteiger partial charge on any atom is -0.486 e. The number of aryl methyl sites for hydroxylation is 4. The van der Waals surface area contributed by atoms with E-state index in [9.17, 15) is 4.39 Å². The lowest BCUT2D eigenvalue weighted by Crippen LogP contribution is -2.00. The highest BCUT2D eigenvalue weighted by molar-refractivity contribution is 6.30. The van der Waals surface area contributed by atoms with Crippen molar-refractivity contribution in [3.05, 3.63) is 113 Å². The quantitative estimate of drug-likeness (QED) is 0.259. The molecule has 33 heavy (non-hydrogen) atoms. The molecule has 0 fully saturated rings. The van der Waals surface area contributed by atoms with Crippen LogP contribution in [-0.2, 0) is 25.7 Å². The second-order valence-corrected chi connectivity index (χ2v) is 8.18. The summed E-state index contributed by atoms with van der Waals surface area (Å²) in [6.07, 6.45) is 7.41. The van der Waals surface area contributed by atoms with Crippen LogP contribution in [0.25, 0.3) is 10.8 Å². The topological polar surface area (TPSA) is 35.0 Å². The number of halogens is 3. The van der Waals surface area contributed by atoms with Crippen LogP contribution in [0.2, 0.25) is 5.02 Å². The summed E-state index contributed by atoms with van der Waals surface area (Å²) in [6.45, 7) is 4.02. The summed E-state index contributed by atoms with van der Waals surface area (Å²) in [5.74, 6) is 0.646. The Morgan fingerprint density at radius 1 is 0.879 bits per heavy atom. The van der Waals surface area contributed by atoms with Crippen molar-refractivity contribution in [1.82, 2.24) is 9.97 Å². The fourth-order valence-electron chi connectivity index (χ4n) is 3.67. The van der Waals surface area contributed by atoms with Crippen LogP contribution < -0.4 is 4.74 Å². The molecule has 0 bridgehead atoms. The normalized spacial score (nSPS) is 11.0. The first kappa shape index (κ1) is 22.9. The molecule has 0 N–H and O–H groups in total. The molecule has 0 atom stereocenters. The van der Waals surface area contributed by atoms with E-state index in [2.05, 4.69) is 16.5 Å². The van der Waals surface area contributed by atoms with Crippen LogP contribution in [0.1, 0.15) is 22.5 Å². The molecular formula is C27H23ClF2N2O. The van der Waals surface area contributed by atoms with Crippen molar-refractivity contribution in [2.75, 3.05) is 6.61 Å². The number of fused-ring (bicyclic) bond motifs is 1. The summed E-state index contributed by atoms with van der Waals surface area (Å²) in [5.41, 5.74) is 2.48. The lowest BCUT2D eigenvalue weighted by Gasteiger charge is -2.09. The zero-order valence-electron chi connectivity index (χ0n) is 18.0. The maximum absolute atomic E-state index is 15.1. The summed E-state index contributed by atoms with van der Waals surface area (Å²) in [4.78, 5) is 8.66. The third-order valence-corrected chi connectivity index (χ3v) is 5.76. The average molecular weight is 465 g/mol. The molecular weight excluding hydrogens is 442 g/mol. The Hall–Kier alpha value is -3.31. The Balaban J connectivity index is 1.41. The Kier molecular flexibility index (Phi) is 7.30. The Labute approximate surface area is 196 Å². The maximum Gasteiger partial charge on any atom is 0.156 e. The van der Waals surface area contributed by atoms with Crippen LogP contribution in [0.15, 0.2) is 73.6 Å². The van der Waals surface area contributed by atoms with Crippen molar-refractivity contribution in [3.8, 4) is 5.75 Å². The minimum atomic E-state index is -0.456. The molecule has 0 unspecified atom stereocenters. The van der Waals surface area contributed by atoms with E-state index in [1.807, 2.05) is 24.3 Å². The second-order valence-electron chi connectivity index (χ2n) is 7.78. The number of aromatic nitrogens is 2. The predicted octanol–water partition coefficient (Wildman–Crippen LogP) is 6.70. The van der Waals surface area contributed by atoms with Crippen LogP contribution in [-0.4, -0.2) is 16.6 Å². The summed E-state index contributed by atoms with van der Waals surface area (Å²) in [5, 5.41) is 1.52. The van der Waals surface area contributed by atoms with Crippen molar-refractivity contribution < 1.29 is 13.5 Å². The third kappa shape index (κ3) is 5.74. The van der Waals surface area contributed by atoms with Crippen molar-refractivity contribution in [3.63, 3.8) is 0 Å². The molecule has 0 radical (unpaired) electrons. The summed E-state index contributed by atoms with van der Waals surface area (Å²) in [7, 11) is 0. The van der Waals surface area contributed by atoms with Crippen molar-refractivity contribution in [2.24, 2.45) is 0 Å². The Bertz CT molecular complexity index is 1280. The number of nitrogens with zero attached hydrogens (tertiary/aromatic N) is 2. The minimum absolute atomic E-state index is 0.0903. The van der Waals surface area contributed by atoms with Crippen molar-refractivity contribution in [2.45, 2.75) is 25.7 Å². The largest absolute Gasteiger partial charge is 0.486 e. The first-order valence-corrected chi connectivity index (χ1v) is 11.1. The van der Waals surface area contributed by atoms with Gasteiger partial charge < -0.3 is 4.74 Å². The molecule has 3 nitrogen and oxygen atoms in total. The summed E-state index contributed by atoms with van der Waals surface area (Å²) < 4.78 is 34.1. The number of rotatable bonds is 9. The van der Waals surface area contributed by atoms with E-state index in [1.165, 1.54) is 12.1 Å². The van der Waals surface area contributed by atoms with Gasteiger partial charge in [0.15, 0.2) is 5.75 Å². The smallest absolute Gasteiger partial charge is 0.156 e. The Morgan fingerprint density at radius 3 is 2.36 bits per heavy atom. The molecule has 1 heterocycles. The van der Waals surface area contributed by atoms with Crippen LogP contribution in [0.3, 0.4) is 0 Å². The molecule has 0 aliphatic heterocycles. The standard InChI is InChI=1S/C27H23ClF2N2O/c1-2-13-33-22-16-31-26(32-17-22)12-6-18-4-10-23-21(14-18)9-8-20(27(23)30)7-3-19-5-11-24(28)25(29)15-19/h2,4-5,8-11,14-17H,1,3,6-7,12-13H2. The number of benzene rings is 3. The molecule has 4 rings (SSSR count). The summed E-state index contributed by atoms with van der Waals surface area (Å²) in [6, 6.07) is 14.2. The zero-order chi connectivity index (χ0) is 23.2. The second kappa shape index (κ2) is 10.5. The van der Waals surface area contributed by atoms with Gasteiger partial charge in [-0.3, -0.25) is 0 Å². The highest BCUT2D eigenvalue weighted by Crippen LogP contribution is 2.25. The van der Waals surface area contributed by atoms with E-state index in [1.54, 1.807) is 30.6 Å². The van der Waals surface area contributed by atoms with Crippen LogP contribution in [0.5, 0.6) is 5.75 Å². The van der Waals surface area contributed by atoms with Gasteiger partial charge in [-0.15, -0.1) is 0 Å². The molecule has 0 saturated carbocycles. The molecule has 168 valence electrons. The molecule has 0 spiro atoms. The van der Waals surface area contributed by atoms with E-state index in [0.29, 0.717) is 42.6 Å². The van der Waals surface area contributed by atoms with Gasteiger partial charge in [-0.25, -0.2) is 18.7 Å². The van der Waals surface area contributed by atoms with E-state index in [4.69, 9.17) is 16.3 Å². The van der Waals surface area contributed by atoms with E-state index >= 15 is 4.39 Å². The average Bonchev–Trinajstić information content (AvgIpc) is 2.83. The predicted molar refractivity (Wildman–Crippen MR) is 128 cm³/mol. The number of ether oxygens (including phenoxy) is 1. The van der Waals surface area contributed by atoms with E-state index in [-0.39, 0.29) is 10.8 Å². The zero-order valence-corrected chi connectivity index (χ0v) is 18.8. The molecule has 0 amide bonds. The maximum atomic E-state index is 15.1. The fourth-order valence-corrected chi connectivity index (χ4v) is 3.78. The monoisotopic (exact) mass is 464 g/mol.